The molecule has 1 aromatic carbocycles. The van der Waals surface area contributed by atoms with Crippen LogP contribution in [0.5, 0.6) is 0 Å². The molecule has 0 spiro atoms. The third-order valence-corrected chi connectivity index (χ3v) is 6.57. The zero-order valence-corrected chi connectivity index (χ0v) is 18.4. The SMILES string of the molecule is C[C@@H]1C[C@@H]2C[C@](Cn3cnnc3)(C1)N2C(=O)Nc1cc(-c2ncc(F)cn2)c(C(F)(F)F)cc1F. The number of alkyl halides is 3. The predicted octanol–water partition coefficient (Wildman–Crippen LogP) is 4.51. The topological polar surface area (TPSA) is 88.8 Å². The minimum atomic E-state index is -4.93. The Kier molecular flexibility index (Phi) is 5.44. The first kappa shape index (κ1) is 23.1. The number of amides is 2. The minimum Gasteiger partial charge on any atom is -0.318 e. The molecule has 1 aliphatic carbocycles. The number of piperidine rings is 1. The predicted molar refractivity (Wildman–Crippen MR) is 113 cm³/mol. The quantitative estimate of drug-likeness (QED) is 0.541. The van der Waals surface area contributed by atoms with Crippen molar-refractivity contribution in [1.29, 1.82) is 0 Å². The number of rotatable bonds is 4. The van der Waals surface area contributed by atoms with Gasteiger partial charge in [-0.05, 0) is 37.3 Å². The second kappa shape index (κ2) is 8.24. The monoisotopic (exact) mass is 493 g/mol. The summed E-state index contributed by atoms with van der Waals surface area (Å²) in [6.07, 6.45) is 1.80. The molecule has 6 rings (SSSR count). The van der Waals surface area contributed by atoms with Crippen molar-refractivity contribution in [2.24, 2.45) is 5.92 Å². The normalized spacial score (nSPS) is 23.7. The average molecular weight is 493 g/mol. The maximum absolute atomic E-state index is 14.8. The molecule has 8 nitrogen and oxygen atoms in total. The molecule has 3 aromatic rings. The summed E-state index contributed by atoms with van der Waals surface area (Å²) < 4.78 is 70.6. The van der Waals surface area contributed by atoms with Crippen LogP contribution in [0.25, 0.3) is 11.4 Å². The molecule has 184 valence electrons. The van der Waals surface area contributed by atoms with E-state index in [9.17, 15) is 26.7 Å². The fourth-order valence-corrected chi connectivity index (χ4v) is 5.42. The summed E-state index contributed by atoms with van der Waals surface area (Å²) in [7, 11) is 0. The summed E-state index contributed by atoms with van der Waals surface area (Å²) >= 11 is 0. The van der Waals surface area contributed by atoms with Crippen LogP contribution in [0.4, 0.5) is 32.4 Å². The molecule has 2 saturated heterocycles. The molecule has 2 aromatic heterocycles. The Balaban J connectivity index is 1.47. The third kappa shape index (κ3) is 4.19. The molecular weight excluding hydrogens is 473 g/mol. The fraction of sp³-hybridized carbons (Fsp3) is 0.409. The van der Waals surface area contributed by atoms with E-state index in [0.717, 1.165) is 18.9 Å². The number of fused-ring (bicyclic) bond motifs is 2. The van der Waals surface area contributed by atoms with Gasteiger partial charge < -0.3 is 14.8 Å². The van der Waals surface area contributed by atoms with Gasteiger partial charge in [-0.25, -0.2) is 23.5 Å². The van der Waals surface area contributed by atoms with Gasteiger partial charge in [0.1, 0.15) is 18.5 Å². The Morgan fingerprint density at radius 2 is 1.83 bits per heavy atom. The number of hydrogen-bond acceptors (Lipinski definition) is 5. The van der Waals surface area contributed by atoms with Gasteiger partial charge in [0, 0.05) is 18.2 Å². The summed E-state index contributed by atoms with van der Waals surface area (Å²) in [5, 5.41) is 10.0. The van der Waals surface area contributed by atoms with Crippen LogP contribution in [0.2, 0.25) is 0 Å². The number of benzene rings is 1. The van der Waals surface area contributed by atoms with E-state index in [0.29, 0.717) is 31.3 Å². The van der Waals surface area contributed by atoms with Crippen molar-refractivity contribution in [1.82, 2.24) is 29.6 Å². The third-order valence-electron chi connectivity index (χ3n) is 6.57. The lowest BCUT2D eigenvalue weighted by Gasteiger charge is -2.63. The van der Waals surface area contributed by atoms with Crippen LogP contribution in [0.1, 0.15) is 31.7 Å². The number of urea groups is 1. The number of anilines is 1. The van der Waals surface area contributed by atoms with Gasteiger partial charge in [0.05, 0.1) is 29.2 Å². The van der Waals surface area contributed by atoms with Gasteiger partial charge in [0.15, 0.2) is 11.6 Å². The highest BCUT2D eigenvalue weighted by molar-refractivity contribution is 5.92. The van der Waals surface area contributed by atoms with Gasteiger partial charge in [0.2, 0.25) is 0 Å². The van der Waals surface area contributed by atoms with Crippen molar-refractivity contribution in [2.75, 3.05) is 5.32 Å². The lowest BCUT2D eigenvalue weighted by molar-refractivity contribution is -0.137. The first-order chi connectivity index (χ1) is 16.6. The van der Waals surface area contributed by atoms with Crippen LogP contribution in [-0.4, -0.2) is 47.2 Å². The second-order valence-electron chi connectivity index (χ2n) is 9.16. The van der Waals surface area contributed by atoms with Gasteiger partial charge in [-0.2, -0.15) is 13.2 Å². The number of nitrogens with zero attached hydrogens (tertiary/aromatic N) is 6. The molecule has 1 saturated carbocycles. The average Bonchev–Trinajstić information content (AvgIpc) is 3.27. The first-order valence-electron chi connectivity index (χ1n) is 10.9. The lowest BCUT2D eigenvalue weighted by Crippen LogP contribution is -2.73. The zero-order chi connectivity index (χ0) is 25.0. The molecule has 13 heteroatoms. The molecule has 3 aliphatic rings. The maximum Gasteiger partial charge on any atom is 0.417 e. The molecule has 4 heterocycles. The molecule has 0 radical (unpaired) electrons. The van der Waals surface area contributed by atoms with Crippen molar-refractivity contribution >= 4 is 11.7 Å². The molecule has 2 amide bonds. The molecule has 0 unspecified atom stereocenters. The number of hydrogen-bond donors (Lipinski definition) is 1. The van der Waals surface area contributed by atoms with Crippen LogP contribution in [-0.2, 0) is 12.7 Å². The Labute approximate surface area is 196 Å². The van der Waals surface area contributed by atoms with E-state index in [4.69, 9.17) is 0 Å². The Bertz CT molecular complexity index is 1250. The molecule has 3 fully saturated rings. The summed E-state index contributed by atoms with van der Waals surface area (Å²) in [4.78, 5) is 22.1. The van der Waals surface area contributed by atoms with Crippen LogP contribution >= 0.6 is 0 Å². The zero-order valence-electron chi connectivity index (χ0n) is 18.4. The van der Waals surface area contributed by atoms with Crippen LogP contribution < -0.4 is 5.32 Å². The number of nitrogens with one attached hydrogen (secondary N) is 1. The van der Waals surface area contributed by atoms with Gasteiger partial charge in [-0.3, -0.25) is 0 Å². The van der Waals surface area contributed by atoms with Gasteiger partial charge >= 0.3 is 12.2 Å². The van der Waals surface area contributed by atoms with E-state index in [1.54, 1.807) is 22.1 Å². The van der Waals surface area contributed by atoms with Crippen LogP contribution in [0.3, 0.4) is 0 Å². The Morgan fingerprint density at radius 3 is 2.49 bits per heavy atom. The largest absolute Gasteiger partial charge is 0.417 e. The van der Waals surface area contributed by atoms with E-state index in [1.807, 2.05) is 0 Å². The summed E-state index contributed by atoms with van der Waals surface area (Å²) in [6.45, 7) is 2.53. The van der Waals surface area contributed by atoms with Crippen LogP contribution in [0, 0.1) is 17.6 Å². The number of aromatic nitrogens is 5. The number of carbonyl (C=O) groups is 1. The molecular formula is C22H20F5N7O. The van der Waals surface area contributed by atoms with E-state index in [1.165, 1.54) is 0 Å². The first-order valence-corrected chi connectivity index (χ1v) is 10.9. The van der Waals surface area contributed by atoms with Crippen molar-refractivity contribution in [2.45, 2.75) is 50.5 Å². The minimum absolute atomic E-state index is 0.0763. The number of carbonyl (C=O) groups excluding carboxylic acids is 1. The van der Waals surface area contributed by atoms with Gasteiger partial charge in [-0.1, -0.05) is 6.92 Å². The summed E-state index contributed by atoms with van der Waals surface area (Å²) in [5.74, 6) is -2.19. The smallest absolute Gasteiger partial charge is 0.318 e. The van der Waals surface area contributed by atoms with Crippen molar-refractivity contribution in [3.05, 3.63) is 54.4 Å². The molecule has 35 heavy (non-hydrogen) atoms. The summed E-state index contributed by atoms with van der Waals surface area (Å²) in [6, 6.07) is 0.413. The Morgan fingerprint density at radius 1 is 1.14 bits per heavy atom. The standard InChI is InChI=1S/C22H20F5N7O/c1-12-2-14-6-21(5-12,9-33-10-30-31-11-33)34(14)20(35)32-18-3-15(19-28-7-13(23)8-29-19)16(4-17(18)24)22(25,26)27/h3-4,7-8,10-12,14H,2,5-6,9H2,1H3,(H,32,35)/t12-,14-,21+/m1/s1. The molecule has 1 N–H and O–H groups in total. The number of halogens is 5. The van der Waals surface area contributed by atoms with Crippen molar-refractivity contribution in [3.8, 4) is 11.4 Å². The fourth-order valence-electron chi connectivity index (χ4n) is 5.42. The Hall–Kier alpha value is -3.64. The van der Waals surface area contributed by atoms with E-state index in [2.05, 4.69) is 32.4 Å². The maximum atomic E-state index is 14.8. The van der Waals surface area contributed by atoms with Crippen LogP contribution in [0.15, 0.2) is 37.2 Å². The van der Waals surface area contributed by atoms with E-state index in [-0.39, 0.29) is 12.1 Å². The molecule has 2 aliphatic heterocycles. The van der Waals surface area contributed by atoms with E-state index < -0.39 is 52.0 Å². The summed E-state index contributed by atoms with van der Waals surface area (Å²) in [5.41, 5.74) is -2.91. The molecule has 2 bridgehead atoms. The second-order valence-corrected chi connectivity index (χ2v) is 9.16. The molecule has 3 atom stereocenters. The van der Waals surface area contributed by atoms with Gasteiger partial charge in [0.25, 0.3) is 0 Å². The highest BCUT2D eigenvalue weighted by Crippen LogP contribution is 2.51. The van der Waals surface area contributed by atoms with E-state index >= 15 is 0 Å². The van der Waals surface area contributed by atoms with Gasteiger partial charge in [-0.15, -0.1) is 10.2 Å². The highest BCUT2D eigenvalue weighted by atomic mass is 19.4. The van der Waals surface area contributed by atoms with Crippen molar-refractivity contribution < 1.29 is 26.7 Å². The van der Waals surface area contributed by atoms with Crippen molar-refractivity contribution in [3.63, 3.8) is 0 Å². The lowest BCUT2D eigenvalue weighted by atomic mass is 9.64. The highest BCUT2D eigenvalue weighted by Gasteiger charge is 2.58.